The third-order valence-corrected chi connectivity index (χ3v) is 6.42. The molecule has 1 amide bonds. The second kappa shape index (κ2) is 10.4. The van der Waals surface area contributed by atoms with Crippen molar-refractivity contribution < 1.29 is 18.3 Å². The molecular formula is C27H23F2N5O2S. The molecule has 0 unspecified atom stereocenters. The average Bonchev–Trinajstić information content (AvgIpc) is 3.51. The van der Waals surface area contributed by atoms with E-state index in [1.54, 1.807) is 11.6 Å². The van der Waals surface area contributed by atoms with Crippen LogP contribution in [0.5, 0.6) is 11.1 Å². The molecule has 10 heteroatoms. The molecule has 2 aromatic carbocycles. The molecule has 0 fully saturated rings. The summed E-state index contributed by atoms with van der Waals surface area (Å²) in [5, 5.41) is 5.06. The molecule has 37 heavy (non-hydrogen) atoms. The van der Waals surface area contributed by atoms with Crippen LogP contribution in [0.3, 0.4) is 0 Å². The zero-order chi connectivity index (χ0) is 25.9. The van der Waals surface area contributed by atoms with E-state index in [1.807, 2.05) is 48.7 Å². The quantitative estimate of drug-likeness (QED) is 0.270. The van der Waals surface area contributed by atoms with Gasteiger partial charge in [0.2, 0.25) is 5.88 Å². The fourth-order valence-corrected chi connectivity index (χ4v) is 4.66. The SMILES string of the molecule is CC(C)c1c(C(=O)NCc2ccc(F)c(F)c2)c2ncc(Oc3nccs3)nc2n1Cc1ccccc1. The molecule has 0 aliphatic carbocycles. The lowest BCUT2D eigenvalue weighted by molar-refractivity contribution is 0.0950. The first-order valence-electron chi connectivity index (χ1n) is 11.6. The predicted octanol–water partition coefficient (Wildman–Crippen LogP) is 6.06. The third-order valence-electron chi connectivity index (χ3n) is 5.77. The number of hydrogen-bond acceptors (Lipinski definition) is 6. The highest BCUT2D eigenvalue weighted by Crippen LogP contribution is 2.32. The van der Waals surface area contributed by atoms with E-state index in [4.69, 9.17) is 9.72 Å². The Hall–Kier alpha value is -4.18. The number of aromatic nitrogens is 4. The lowest BCUT2D eigenvalue weighted by Crippen LogP contribution is -2.24. The van der Waals surface area contributed by atoms with Gasteiger partial charge in [-0.15, -0.1) is 0 Å². The lowest BCUT2D eigenvalue weighted by atomic mass is 10.0. The molecule has 5 rings (SSSR count). The number of carbonyl (C=O) groups is 1. The smallest absolute Gasteiger partial charge is 0.280 e. The standard InChI is InChI=1S/C27H23F2N5O2S/c1-16(2)24-22(26(35)32-13-18-8-9-19(28)20(29)12-18)23-25(34(24)15-17-6-4-3-5-7-17)33-21(14-31-23)36-27-30-10-11-37-27/h3-12,14,16H,13,15H2,1-2H3,(H,32,35). The Morgan fingerprint density at radius 1 is 1.08 bits per heavy atom. The van der Waals surface area contributed by atoms with Crippen LogP contribution in [-0.4, -0.2) is 25.4 Å². The molecule has 7 nitrogen and oxygen atoms in total. The van der Waals surface area contributed by atoms with Crippen molar-refractivity contribution in [2.24, 2.45) is 0 Å². The summed E-state index contributed by atoms with van der Waals surface area (Å²) in [7, 11) is 0. The van der Waals surface area contributed by atoms with Crippen molar-refractivity contribution in [1.29, 1.82) is 0 Å². The molecule has 0 radical (unpaired) electrons. The topological polar surface area (TPSA) is 81.9 Å². The van der Waals surface area contributed by atoms with Gasteiger partial charge in [0, 0.05) is 30.4 Å². The van der Waals surface area contributed by atoms with Gasteiger partial charge in [-0.2, -0.15) is 4.98 Å². The van der Waals surface area contributed by atoms with Crippen molar-refractivity contribution in [1.82, 2.24) is 24.8 Å². The average molecular weight is 520 g/mol. The van der Waals surface area contributed by atoms with Gasteiger partial charge in [-0.05, 0) is 29.2 Å². The van der Waals surface area contributed by atoms with Crippen molar-refractivity contribution in [2.45, 2.75) is 32.9 Å². The molecule has 0 saturated carbocycles. The van der Waals surface area contributed by atoms with Crippen molar-refractivity contribution in [3.8, 4) is 11.1 Å². The molecule has 0 aliphatic heterocycles. The summed E-state index contributed by atoms with van der Waals surface area (Å²) in [5.74, 6) is -2.07. The highest BCUT2D eigenvalue weighted by molar-refractivity contribution is 7.11. The maximum Gasteiger partial charge on any atom is 0.280 e. The Bertz CT molecular complexity index is 1550. The van der Waals surface area contributed by atoms with E-state index in [0.717, 1.165) is 23.4 Å². The minimum atomic E-state index is -0.965. The molecule has 0 bridgehead atoms. The van der Waals surface area contributed by atoms with Crippen LogP contribution in [0.25, 0.3) is 11.2 Å². The summed E-state index contributed by atoms with van der Waals surface area (Å²) in [5.41, 5.74) is 3.54. The number of benzene rings is 2. The van der Waals surface area contributed by atoms with Crippen LogP contribution >= 0.6 is 11.3 Å². The van der Waals surface area contributed by atoms with E-state index in [-0.39, 0.29) is 24.2 Å². The van der Waals surface area contributed by atoms with Gasteiger partial charge in [0.15, 0.2) is 17.3 Å². The van der Waals surface area contributed by atoms with Crippen LogP contribution in [0.15, 0.2) is 66.3 Å². The monoisotopic (exact) mass is 519 g/mol. The van der Waals surface area contributed by atoms with Crippen molar-refractivity contribution in [2.75, 3.05) is 0 Å². The first kappa shape index (κ1) is 24.5. The van der Waals surface area contributed by atoms with Gasteiger partial charge in [0.1, 0.15) is 5.52 Å². The van der Waals surface area contributed by atoms with Gasteiger partial charge in [0.25, 0.3) is 11.1 Å². The molecule has 0 spiro atoms. The zero-order valence-corrected chi connectivity index (χ0v) is 20.9. The van der Waals surface area contributed by atoms with Gasteiger partial charge >= 0.3 is 0 Å². The summed E-state index contributed by atoms with van der Waals surface area (Å²) >= 11 is 1.33. The number of thiazole rings is 1. The van der Waals surface area contributed by atoms with Gasteiger partial charge in [-0.3, -0.25) is 4.79 Å². The number of carbonyl (C=O) groups excluding carboxylic acids is 1. The predicted molar refractivity (Wildman–Crippen MR) is 137 cm³/mol. The maximum absolute atomic E-state index is 13.7. The van der Waals surface area contributed by atoms with E-state index in [1.165, 1.54) is 23.6 Å². The number of amides is 1. The Kier molecular flexibility index (Phi) is 6.91. The van der Waals surface area contributed by atoms with Crippen molar-refractivity contribution in [3.05, 3.63) is 100 Å². The van der Waals surface area contributed by atoms with Crippen LogP contribution in [0.1, 0.15) is 46.9 Å². The fourth-order valence-electron chi connectivity index (χ4n) is 4.17. The largest absolute Gasteiger partial charge is 0.410 e. The molecule has 188 valence electrons. The van der Waals surface area contributed by atoms with Crippen molar-refractivity contribution >= 4 is 28.4 Å². The van der Waals surface area contributed by atoms with E-state index < -0.39 is 11.6 Å². The van der Waals surface area contributed by atoms with Gasteiger partial charge in [0.05, 0.1) is 11.8 Å². The van der Waals surface area contributed by atoms with E-state index >= 15 is 0 Å². The molecule has 0 aliphatic rings. The van der Waals surface area contributed by atoms with Gasteiger partial charge in [-0.1, -0.05) is 61.6 Å². The minimum Gasteiger partial charge on any atom is -0.410 e. The molecule has 5 aromatic rings. The Balaban J connectivity index is 1.57. The number of nitrogens with one attached hydrogen (secondary N) is 1. The first-order valence-corrected chi connectivity index (χ1v) is 12.5. The Morgan fingerprint density at radius 2 is 1.89 bits per heavy atom. The molecular weight excluding hydrogens is 496 g/mol. The Labute approximate surface area is 215 Å². The first-order chi connectivity index (χ1) is 17.9. The molecule has 3 heterocycles. The second-order valence-corrected chi connectivity index (χ2v) is 9.56. The van der Waals surface area contributed by atoms with E-state index in [9.17, 15) is 13.6 Å². The van der Waals surface area contributed by atoms with E-state index in [2.05, 4.69) is 15.3 Å². The van der Waals surface area contributed by atoms with Crippen LogP contribution in [-0.2, 0) is 13.1 Å². The molecule has 3 aromatic heterocycles. The Morgan fingerprint density at radius 3 is 2.59 bits per heavy atom. The summed E-state index contributed by atoms with van der Waals surface area (Å²) in [6, 6.07) is 13.4. The maximum atomic E-state index is 13.7. The van der Waals surface area contributed by atoms with Gasteiger partial charge in [-0.25, -0.2) is 18.7 Å². The highest BCUT2D eigenvalue weighted by atomic mass is 32.1. The van der Waals surface area contributed by atoms with Crippen molar-refractivity contribution in [3.63, 3.8) is 0 Å². The molecule has 0 saturated heterocycles. The minimum absolute atomic E-state index is 0.0254. The number of halogens is 2. The van der Waals surface area contributed by atoms with E-state index in [0.29, 0.717) is 34.0 Å². The van der Waals surface area contributed by atoms with Crippen LogP contribution in [0.2, 0.25) is 0 Å². The summed E-state index contributed by atoms with van der Waals surface area (Å²) < 4.78 is 34.7. The summed E-state index contributed by atoms with van der Waals surface area (Å²) in [4.78, 5) is 26.9. The van der Waals surface area contributed by atoms with Gasteiger partial charge < -0.3 is 14.6 Å². The molecule has 1 N–H and O–H groups in total. The fraction of sp³-hybridized carbons (Fsp3) is 0.185. The second-order valence-electron chi connectivity index (χ2n) is 8.70. The summed E-state index contributed by atoms with van der Waals surface area (Å²) in [6.45, 7) is 4.48. The number of hydrogen-bond donors (Lipinski definition) is 1. The summed E-state index contributed by atoms with van der Waals surface area (Å²) in [6.07, 6.45) is 3.10. The van der Waals surface area contributed by atoms with Crippen LogP contribution in [0, 0.1) is 11.6 Å². The highest BCUT2D eigenvalue weighted by Gasteiger charge is 2.27. The number of fused-ring (bicyclic) bond motifs is 1. The van der Waals surface area contributed by atoms with Crippen LogP contribution in [0.4, 0.5) is 8.78 Å². The third kappa shape index (κ3) is 5.19. The normalized spacial score (nSPS) is 11.3. The lowest BCUT2D eigenvalue weighted by Gasteiger charge is -2.15. The zero-order valence-electron chi connectivity index (χ0n) is 20.1. The number of nitrogens with zero attached hydrogens (tertiary/aromatic N) is 4. The van der Waals surface area contributed by atoms with Crippen LogP contribution < -0.4 is 10.1 Å². The number of rotatable bonds is 8. The number of ether oxygens (including phenoxy) is 1. The molecule has 0 atom stereocenters.